The second-order valence-corrected chi connectivity index (χ2v) is 8.24. The number of ether oxygens (including phenoxy) is 1. The molecule has 1 amide bonds. The van der Waals surface area contributed by atoms with Gasteiger partial charge in [-0.15, -0.1) is 11.8 Å². The molecule has 0 saturated heterocycles. The van der Waals surface area contributed by atoms with Gasteiger partial charge in [-0.1, -0.05) is 30.3 Å². The van der Waals surface area contributed by atoms with Crippen LogP contribution in [-0.2, 0) is 4.79 Å². The van der Waals surface area contributed by atoms with E-state index in [2.05, 4.69) is 16.0 Å². The zero-order valence-corrected chi connectivity index (χ0v) is 18.3. The normalized spacial score (nSPS) is 11.3. The Bertz CT molecular complexity index is 995. The van der Waals surface area contributed by atoms with E-state index >= 15 is 0 Å². The van der Waals surface area contributed by atoms with Crippen LogP contribution in [0, 0.1) is 0 Å². The number of thiocarbonyl (C=S) groups is 1. The predicted molar refractivity (Wildman–Crippen MR) is 130 cm³/mol. The second kappa shape index (κ2) is 10.7. The largest absolute Gasteiger partial charge is 0.495 e. The fourth-order valence-electron chi connectivity index (χ4n) is 2.67. The molecule has 0 spiro atoms. The van der Waals surface area contributed by atoms with Crippen LogP contribution in [0.2, 0.25) is 0 Å². The topological polar surface area (TPSA) is 62.4 Å². The minimum absolute atomic E-state index is 0.0834. The highest BCUT2D eigenvalue weighted by atomic mass is 32.2. The van der Waals surface area contributed by atoms with Crippen molar-refractivity contribution in [2.75, 3.05) is 23.1 Å². The lowest BCUT2D eigenvalue weighted by atomic mass is 10.3. The van der Waals surface area contributed by atoms with Gasteiger partial charge in [-0.05, 0) is 67.7 Å². The van der Waals surface area contributed by atoms with Gasteiger partial charge in [-0.3, -0.25) is 4.79 Å². The summed E-state index contributed by atoms with van der Waals surface area (Å²) in [4.78, 5) is 13.5. The highest BCUT2D eigenvalue weighted by molar-refractivity contribution is 8.00. The predicted octanol–water partition coefficient (Wildman–Crippen LogP) is 5.62. The first kappa shape index (κ1) is 21.7. The first-order chi connectivity index (χ1) is 14.5. The van der Waals surface area contributed by atoms with Gasteiger partial charge in [0.15, 0.2) is 5.11 Å². The molecule has 5 nitrogen and oxygen atoms in total. The van der Waals surface area contributed by atoms with Gasteiger partial charge in [-0.2, -0.15) is 0 Å². The van der Waals surface area contributed by atoms with Crippen LogP contribution in [0.4, 0.5) is 17.1 Å². The number of nitrogens with one attached hydrogen (secondary N) is 3. The standard InChI is InChI=1S/C23H23N3O2S2/c1-16(22(27)26-20-10-6-7-11-21(20)28-2)30-19-14-12-18(13-15-19)25-23(29)24-17-8-4-3-5-9-17/h3-16H,1-2H3,(H,26,27)(H2,24,25,29). The van der Waals surface area contributed by atoms with Crippen LogP contribution < -0.4 is 20.7 Å². The molecule has 0 aromatic heterocycles. The first-order valence-electron chi connectivity index (χ1n) is 9.39. The lowest BCUT2D eigenvalue weighted by Gasteiger charge is -2.15. The molecule has 1 unspecified atom stereocenters. The molecule has 0 aliphatic carbocycles. The Hall–Kier alpha value is -3.03. The van der Waals surface area contributed by atoms with Crippen LogP contribution in [0.5, 0.6) is 5.75 Å². The third kappa shape index (κ3) is 6.23. The van der Waals surface area contributed by atoms with Crippen molar-refractivity contribution in [1.82, 2.24) is 0 Å². The molecule has 154 valence electrons. The number of rotatable bonds is 7. The molecule has 30 heavy (non-hydrogen) atoms. The minimum Gasteiger partial charge on any atom is -0.495 e. The van der Waals surface area contributed by atoms with Crippen LogP contribution >= 0.6 is 24.0 Å². The van der Waals surface area contributed by atoms with Gasteiger partial charge in [0, 0.05) is 16.3 Å². The van der Waals surface area contributed by atoms with Crippen molar-refractivity contribution >= 4 is 52.1 Å². The Kier molecular flexibility index (Phi) is 7.70. The lowest BCUT2D eigenvalue weighted by molar-refractivity contribution is -0.115. The van der Waals surface area contributed by atoms with E-state index in [4.69, 9.17) is 17.0 Å². The molecule has 0 saturated carbocycles. The summed E-state index contributed by atoms with van der Waals surface area (Å²) in [5.74, 6) is 0.554. The number of thioether (sulfide) groups is 1. The molecule has 3 rings (SSSR count). The summed E-state index contributed by atoms with van der Waals surface area (Å²) in [5.41, 5.74) is 2.47. The zero-order chi connectivity index (χ0) is 21.3. The smallest absolute Gasteiger partial charge is 0.237 e. The molecule has 0 aliphatic rings. The molecule has 0 heterocycles. The second-order valence-electron chi connectivity index (χ2n) is 6.42. The number of amides is 1. The van der Waals surface area contributed by atoms with E-state index in [9.17, 15) is 4.79 Å². The number of carbonyl (C=O) groups is 1. The van der Waals surface area contributed by atoms with Gasteiger partial charge >= 0.3 is 0 Å². The fraction of sp³-hybridized carbons (Fsp3) is 0.130. The maximum atomic E-state index is 12.5. The van der Waals surface area contributed by atoms with Gasteiger partial charge in [0.25, 0.3) is 0 Å². The summed E-state index contributed by atoms with van der Waals surface area (Å²) in [7, 11) is 1.58. The van der Waals surface area contributed by atoms with Crippen LogP contribution in [0.25, 0.3) is 0 Å². The molecule has 7 heteroatoms. The van der Waals surface area contributed by atoms with Gasteiger partial charge in [-0.25, -0.2) is 0 Å². The summed E-state index contributed by atoms with van der Waals surface area (Å²) < 4.78 is 5.28. The number of para-hydroxylation sites is 3. The zero-order valence-electron chi connectivity index (χ0n) is 16.7. The van der Waals surface area contributed by atoms with Crippen molar-refractivity contribution < 1.29 is 9.53 Å². The molecular weight excluding hydrogens is 414 g/mol. The summed E-state index contributed by atoms with van der Waals surface area (Å²) in [6.07, 6.45) is 0. The molecule has 0 aliphatic heterocycles. The molecule has 3 aromatic rings. The third-order valence-electron chi connectivity index (χ3n) is 4.19. The van der Waals surface area contributed by atoms with Crippen molar-refractivity contribution in [2.24, 2.45) is 0 Å². The summed E-state index contributed by atoms with van der Waals surface area (Å²) in [6, 6.07) is 24.9. The van der Waals surface area contributed by atoms with Crippen molar-refractivity contribution in [3.8, 4) is 5.75 Å². The van der Waals surface area contributed by atoms with E-state index in [-0.39, 0.29) is 11.2 Å². The Morgan fingerprint density at radius 3 is 2.13 bits per heavy atom. The van der Waals surface area contributed by atoms with Gasteiger partial charge in [0.2, 0.25) is 5.91 Å². The molecule has 3 N–H and O–H groups in total. The van der Waals surface area contributed by atoms with E-state index < -0.39 is 0 Å². The number of hydrogen-bond acceptors (Lipinski definition) is 4. The summed E-state index contributed by atoms with van der Waals surface area (Å²) in [5, 5.41) is 9.46. The third-order valence-corrected chi connectivity index (χ3v) is 5.51. The van der Waals surface area contributed by atoms with Gasteiger partial charge in [0.1, 0.15) is 5.75 Å². The van der Waals surface area contributed by atoms with Crippen LogP contribution in [-0.4, -0.2) is 23.4 Å². The average molecular weight is 438 g/mol. The van der Waals surface area contributed by atoms with Crippen molar-refractivity contribution in [3.63, 3.8) is 0 Å². The van der Waals surface area contributed by atoms with Crippen LogP contribution in [0.15, 0.2) is 83.8 Å². The average Bonchev–Trinajstić information content (AvgIpc) is 2.76. The van der Waals surface area contributed by atoms with E-state index in [1.54, 1.807) is 7.11 Å². The fourth-order valence-corrected chi connectivity index (χ4v) is 3.77. The first-order valence-corrected chi connectivity index (χ1v) is 10.7. The molecule has 3 aromatic carbocycles. The van der Waals surface area contributed by atoms with E-state index in [0.29, 0.717) is 16.5 Å². The van der Waals surface area contributed by atoms with Gasteiger partial charge < -0.3 is 20.7 Å². The monoisotopic (exact) mass is 437 g/mol. The highest BCUT2D eigenvalue weighted by Gasteiger charge is 2.16. The van der Waals surface area contributed by atoms with Crippen molar-refractivity contribution in [1.29, 1.82) is 0 Å². The Morgan fingerprint density at radius 1 is 0.867 bits per heavy atom. The molecule has 0 fully saturated rings. The summed E-state index contributed by atoms with van der Waals surface area (Å²) >= 11 is 6.83. The maximum Gasteiger partial charge on any atom is 0.237 e. The van der Waals surface area contributed by atoms with Crippen molar-refractivity contribution in [3.05, 3.63) is 78.9 Å². The van der Waals surface area contributed by atoms with E-state index in [1.807, 2.05) is 85.8 Å². The number of methoxy groups -OCH3 is 1. The molecule has 0 radical (unpaired) electrons. The lowest BCUT2D eigenvalue weighted by Crippen LogP contribution is -2.22. The quantitative estimate of drug-likeness (QED) is 0.329. The number of hydrogen-bond donors (Lipinski definition) is 3. The Labute approximate surface area is 186 Å². The molecule has 1 atom stereocenters. The van der Waals surface area contributed by atoms with E-state index in [0.717, 1.165) is 16.3 Å². The van der Waals surface area contributed by atoms with E-state index in [1.165, 1.54) is 11.8 Å². The highest BCUT2D eigenvalue weighted by Crippen LogP contribution is 2.28. The minimum atomic E-state index is -0.269. The molecule has 0 bridgehead atoms. The Morgan fingerprint density at radius 2 is 1.47 bits per heavy atom. The van der Waals surface area contributed by atoms with Crippen LogP contribution in [0.1, 0.15) is 6.92 Å². The maximum absolute atomic E-state index is 12.5. The summed E-state index contributed by atoms with van der Waals surface area (Å²) in [6.45, 7) is 1.88. The number of benzene rings is 3. The number of carbonyl (C=O) groups excluding carboxylic acids is 1. The Balaban J connectivity index is 1.53. The number of anilines is 3. The molecular formula is C23H23N3O2S2. The SMILES string of the molecule is COc1ccccc1NC(=O)C(C)Sc1ccc(NC(=S)Nc2ccccc2)cc1. The van der Waals surface area contributed by atoms with Gasteiger partial charge in [0.05, 0.1) is 18.0 Å². The van der Waals surface area contributed by atoms with Crippen LogP contribution in [0.3, 0.4) is 0 Å². The van der Waals surface area contributed by atoms with Crippen molar-refractivity contribution in [2.45, 2.75) is 17.1 Å².